The van der Waals surface area contributed by atoms with Gasteiger partial charge in [-0.1, -0.05) is 31.2 Å². The van der Waals surface area contributed by atoms with Crippen molar-refractivity contribution < 1.29 is 13.2 Å². The average Bonchev–Trinajstić information content (AvgIpc) is 2.62. The molecule has 1 atom stereocenters. The zero-order valence-electron chi connectivity index (χ0n) is 13.2. The molecule has 0 saturated carbocycles. The number of sulfone groups is 1. The third kappa shape index (κ3) is 4.21. The van der Waals surface area contributed by atoms with E-state index in [1.54, 1.807) is 43.3 Å². The van der Waals surface area contributed by atoms with Crippen LogP contribution in [0.15, 0.2) is 53.4 Å². The Bertz CT molecular complexity index is 838. The summed E-state index contributed by atoms with van der Waals surface area (Å²) in [7, 11) is -3.27. The van der Waals surface area contributed by atoms with Gasteiger partial charge in [-0.3, -0.25) is 4.79 Å². The van der Waals surface area contributed by atoms with E-state index in [0.29, 0.717) is 11.1 Å². The van der Waals surface area contributed by atoms with Crippen molar-refractivity contribution in [3.8, 4) is 6.07 Å². The molecule has 0 heterocycles. The van der Waals surface area contributed by atoms with Gasteiger partial charge >= 0.3 is 0 Å². The van der Waals surface area contributed by atoms with Crippen molar-refractivity contribution in [1.29, 1.82) is 5.26 Å². The van der Waals surface area contributed by atoms with Gasteiger partial charge in [-0.25, -0.2) is 8.42 Å². The quantitative estimate of drug-likeness (QED) is 0.875. The van der Waals surface area contributed by atoms with Crippen molar-refractivity contribution in [2.75, 3.05) is 5.75 Å². The lowest BCUT2D eigenvalue weighted by Crippen LogP contribution is -2.28. The van der Waals surface area contributed by atoms with Gasteiger partial charge in [0.15, 0.2) is 9.84 Å². The summed E-state index contributed by atoms with van der Waals surface area (Å²) >= 11 is 0. The van der Waals surface area contributed by atoms with Gasteiger partial charge in [-0.05, 0) is 35.9 Å². The van der Waals surface area contributed by atoms with Crippen LogP contribution in [0.5, 0.6) is 0 Å². The van der Waals surface area contributed by atoms with Crippen LogP contribution in [-0.2, 0) is 9.84 Å². The van der Waals surface area contributed by atoms with Gasteiger partial charge in [0.25, 0.3) is 5.91 Å². The zero-order valence-corrected chi connectivity index (χ0v) is 14.0. The van der Waals surface area contributed by atoms with E-state index in [1.807, 2.05) is 6.07 Å². The van der Waals surface area contributed by atoms with Crippen molar-refractivity contribution in [3.63, 3.8) is 0 Å². The van der Waals surface area contributed by atoms with Crippen LogP contribution in [-0.4, -0.2) is 20.1 Å². The lowest BCUT2D eigenvalue weighted by molar-refractivity contribution is 0.0937. The highest BCUT2D eigenvalue weighted by atomic mass is 32.2. The molecule has 24 heavy (non-hydrogen) atoms. The van der Waals surface area contributed by atoms with Gasteiger partial charge in [0.05, 0.1) is 29.2 Å². The number of hydrogen-bond donors (Lipinski definition) is 1. The van der Waals surface area contributed by atoms with Gasteiger partial charge in [0.2, 0.25) is 0 Å². The highest BCUT2D eigenvalue weighted by molar-refractivity contribution is 7.91. The summed E-state index contributed by atoms with van der Waals surface area (Å²) in [6, 6.07) is 17.2. The van der Waals surface area contributed by atoms with Crippen LogP contribution in [0.1, 0.15) is 35.3 Å². The first-order valence-electron chi connectivity index (χ1n) is 7.44. The molecule has 1 N–H and O–H groups in total. The second-order valence-corrected chi connectivity index (χ2v) is 7.43. The average molecular weight is 341 g/mol. The van der Waals surface area contributed by atoms with E-state index >= 15 is 0 Å². The largest absolute Gasteiger partial charge is 0.344 e. The van der Waals surface area contributed by atoms with Crippen molar-refractivity contribution in [2.24, 2.45) is 0 Å². The molecule has 0 spiro atoms. The van der Waals surface area contributed by atoms with Gasteiger partial charge in [0, 0.05) is 5.56 Å². The molecule has 0 aromatic heterocycles. The van der Waals surface area contributed by atoms with Crippen molar-refractivity contribution in [3.05, 3.63) is 65.7 Å². The SMILES string of the molecule is CCS(=O)(=O)c1ccc([C@H](CC#N)NC(=O)c2cc[c]cc2)cc1. The third-order valence-corrected chi connectivity index (χ3v) is 5.35. The molecule has 2 aromatic carbocycles. The van der Waals surface area contributed by atoms with E-state index in [0.717, 1.165) is 0 Å². The summed E-state index contributed by atoms with van der Waals surface area (Å²) in [6.45, 7) is 1.58. The fraction of sp³-hybridized carbons (Fsp3) is 0.222. The first kappa shape index (κ1) is 17.7. The van der Waals surface area contributed by atoms with Gasteiger partial charge in [-0.15, -0.1) is 0 Å². The third-order valence-electron chi connectivity index (χ3n) is 3.60. The zero-order chi connectivity index (χ0) is 17.6. The predicted octanol–water partition coefficient (Wildman–Crippen LogP) is 2.67. The summed E-state index contributed by atoms with van der Waals surface area (Å²) in [6.07, 6.45) is 0.0879. The van der Waals surface area contributed by atoms with Crippen molar-refractivity contribution in [2.45, 2.75) is 24.3 Å². The Morgan fingerprint density at radius 1 is 1.21 bits per heavy atom. The summed E-state index contributed by atoms with van der Waals surface area (Å²) < 4.78 is 23.7. The minimum atomic E-state index is -3.27. The van der Waals surface area contributed by atoms with Gasteiger partial charge in [0.1, 0.15) is 0 Å². The minimum absolute atomic E-state index is 0.0235. The number of nitrogens with zero attached hydrogens (tertiary/aromatic N) is 1. The topological polar surface area (TPSA) is 87.0 Å². The molecule has 123 valence electrons. The number of benzene rings is 2. The normalized spacial score (nSPS) is 12.2. The summed E-state index contributed by atoms with van der Waals surface area (Å²) in [5.74, 6) is -0.273. The Kier molecular flexibility index (Phi) is 5.72. The smallest absolute Gasteiger partial charge is 0.251 e. The molecule has 2 aromatic rings. The molecular formula is C18H17N2O3S. The summed E-state index contributed by atoms with van der Waals surface area (Å²) in [4.78, 5) is 12.5. The molecule has 6 heteroatoms. The van der Waals surface area contributed by atoms with E-state index in [9.17, 15) is 13.2 Å². The Hall–Kier alpha value is -2.65. The van der Waals surface area contributed by atoms with Crippen molar-refractivity contribution in [1.82, 2.24) is 5.32 Å². The van der Waals surface area contributed by atoms with Crippen LogP contribution in [0.3, 0.4) is 0 Å². The molecule has 0 fully saturated rings. The Labute approximate surface area is 141 Å². The van der Waals surface area contributed by atoms with Crippen LogP contribution in [0, 0.1) is 17.4 Å². The lowest BCUT2D eigenvalue weighted by atomic mass is 10.0. The minimum Gasteiger partial charge on any atom is -0.344 e. The molecular weight excluding hydrogens is 324 g/mol. The lowest BCUT2D eigenvalue weighted by Gasteiger charge is -2.17. The first-order chi connectivity index (χ1) is 11.5. The molecule has 5 nitrogen and oxygen atoms in total. The maximum Gasteiger partial charge on any atom is 0.251 e. The van der Waals surface area contributed by atoms with Crippen LogP contribution < -0.4 is 5.32 Å². The van der Waals surface area contributed by atoms with Crippen LogP contribution in [0.2, 0.25) is 0 Å². The second-order valence-electron chi connectivity index (χ2n) is 5.15. The van der Waals surface area contributed by atoms with E-state index in [-0.39, 0.29) is 23.0 Å². The molecule has 0 unspecified atom stereocenters. The number of nitrogens with one attached hydrogen (secondary N) is 1. The van der Waals surface area contributed by atoms with Gasteiger partial charge < -0.3 is 5.32 Å². The molecule has 0 aliphatic heterocycles. The van der Waals surface area contributed by atoms with Crippen LogP contribution in [0.25, 0.3) is 0 Å². The number of amides is 1. The number of carbonyl (C=O) groups is 1. The van der Waals surface area contributed by atoms with E-state index in [4.69, 9.17) is 5.26 Å². The second kappa shape index (κ2) is 7.75. The Morgan fingerprint density at radius 2 is 1.83 bits per heavy atom. The summed E-state index contributed by atoms with van der Waals surface area (Å²) in [5, 5.41) is 11.8. The maximum atomic E-state index is 12.2. The monoisotopic (exact) mass is 341 g/mol. The first-order valence-corrected chi connectivity index (χ1v) is 9.10. The molecule has 0 saturated heterocycles. The molecule has 0 aliphatic rings. The maximum absolute atomic E-state index is 12.2. The number of rotatable bonds is 6. The number of hydrogen-bond acceptors (Lipinski definition) is 4. The predicted molar refractivity (Wildman–Crippen MR) is 89.9 cm³/mol. The number of carbonyl (C=O) groups excluding carboxylic acids is 1. The Morgan fingerprint density at radius 3 is 2.38 bits per heavy atom. The van der Waals surface area contributed by atoms with E-state index < -0.39 is 15.9 Å². The fourth-order valence-corrected chi connectivity index (χ4v) is 3.08. The van der Waals surface area contributed by atoms with Crippen LogP contribution in [0.4, 0.5) is 0 Å². The van der Waals surface area contributed by atoms with Crippen molar-refractivity contribution >= 4 is 15.7 Å². The number of nitriles is 1. The Balaban J connectivity index is 2.22. The standard InChI is InChI=1S/C18H17N2O3S/c1-2-24(22,23)16-10-8-14(9-11-16)17(12-13-19)20-18(21)15-6-4-3-5-7-15/h4-11,17H,2,12H2,1H3,(H,20,21)/t17-/m0/s1. The summed E-state index contributed by atoms with van der Waals surface area (Å²) in [5.41, 5.74) is 1.16. The highest BCUT2D eigenvalue weighted by Crippen LogP contribution is 2.20. The molecule has 2 rings (SSSR count). The fourth-order valence-electron chi connectivity index (χ4n) is 2.20. The molecule has 1 radical (unpaired) electrons. The van der Waals surface area contributed by atoms with E-state index in [1.165, 1.54) is 12.1 Å². The van der Waals surface area contributed by atoms with Crippen LogP contribution >= 0.6 is 0 Å². The molecule has 0 bridgehead atoms. The highest BCUT2D eigenvalue weighted by Gasteiger charge is 2.17. The van der Waals surface area contributed by atoms with Gasteiger partial charge in [-0.2, -0.15) is 5.26 Å². The van der Waals surface area contributed by atoms with E-state index in [2.05, 4.69) is 11.4 Å². The molecule has 1 amide bonds. The molecule has 0 aliphatic carbocycles.